The number of carbonyl (C=O) groups excluding carboxylic acids is 1. The van der Waals surface area contributed by atoms with Crippen molar-refractivity contribution in [3.05, 3.63) is 82.1 Å². The number of rotatable bonds is 8. The Morgan fingerprint density at radius 3 is 2.17 bits per heavy atom. The predicted molar refractivity (Wildman–Crippen MR) is 136 cm³/mol. The highest BCUT2D eigenvalue weighted by Crippen LogP contribution is 2.42. The molecule has 0 spiro atoms. The molecule has 36 heavy (non-hydrogen) atoms. The van der Waals surface area contributed by atoms with Crippen molar-refractivity contribution in [3.63, 3.8) is 0 Å². The van der Waals surface area contributed by atoms with Crippen LogP contribution in [0.2, 0.25) is 5.02 Å². The number of carbonyl (C=O) groups is 1. The highest BCUT2D eigenvalue weighted by atomic mass is 35.5. The first-order valence-electron chi connectivity index (χ1n) is 11.3. The normalized spacial score (nSPS) is 12.2. The zero-order valence-corrected chi connectivity index (χ0v) is 22.0. The molecule has 0 aliphatic heterocycles. The number of halogens is 4. The zero-order valence-electron chi connectivity index (χ0n) is 20.4. The van der Waals surface area contributed by atoms with Crippen molar-refractivity contribution in [1.29, 1.82) is 0 Å². The Hall–Kier alpha value is -2.78. The van der Waals surface area contributed by atoms with Crippen molar-refractivity contribution >= 4 is 27.3 Å². The first-order valence-corrected chi connectivity index (χ1v) is 13.4. The van der Waals surface area contributed by atoms with Gasteiger partial charge < -0.3 is 9.47 Å². The summed E-state index contributed by atoms with van der Waals surface area (Å²) in [6.07, 6.45) is -4.74. The molecule has 0 atom stereocenters. The zero-order chi connectivity index (χ0) is 26.8. The lowest BCUT2D eigenvalue weighted by Crippen LogP contribution is -2.35. The summed E-state index contributed by atoms with van der Waals surface area (Å²) in [6.45, 7) is 4.08. The third-order valence-corrected chi connectivity index (χ3v) is 8.51. The first kappa shape index (κ1) is 27.8. The summed E-state index contributed by atoms with van der Waals surface area (Å²) in [5.41, 5.74) is -0.0513. The third kappa shape index (κ3) is 5.95. The number of benzene rings is 2. The van der Waals surface area contributed by atoms with Gasteiger partial charge in [0.15, 0.2) is 9.84 Å². The summed E-state index contributed by atoms with van der Waals surface area (Å²) in [5.74, 6) is -0.998. The Labute approximate surface area is 214 Å². The topological polar surface area (TPSA) is 59.4 Å². The van der Waals surface area contributed by atoms with Crippen molar-refractivity contribution in [2.75, 3.05) is 19.3 Å². The molecule has 0 aliphatic carbocycles. The molecule has 0 bridgehead atoms. The fraction of sp³-hybridized carbons (Fsp3) is 0.346. The molecule has 0 aliphatic rings. The van der Waals surface area contributed by atoms with Crippen LogP contribution in [-0.4, -0.2) is 48.4 Å². The fourth-order valence-corrected chi connectivity index (χ4v) is 5.14. The highest BCUT2D eigenvalue weighted by Gasteiger charge is 2.41. The monoisotopic (exact) mass is 540 g/mol. The molecule has 1 amide bonds. The van der Waals surface area contributed by atoms with Crippen LogP contribution in [0.3, 0.4) is 0 Å². The molecule has 0 saturated carbocycles. The molecule has 1 heterocycles. The van der Waals surface area contributed by atoms with Gasteiger partial charge in [-0.3, -0.25) is 4.79 Å². The highest BCUT2D eigenvalue weighted by molar-refractivity contribution is 7.92. The molecule has 5 nitrogen and oxygen atoms in total. The van der Waals surface area contributed by atoms with Gasteiger partial charge in [-0.25, -0.2) is 8.42 Å². The molecular weight excluding hydrogens is 513 g/mol. The van der Waals surface area contributed by atoms with E-state index in [9.17, 15) is 26.4 Å². The van der Waals surface area contributed by atoms with Gasteiger partial charge in [-0.2, -0.15) is 13.2 Å². The summed E-state index contributed by atoms with van der Waals surface area (Å²) in [6, 6.07) is 14.8. The Morgan fingerprint density at radius 1 is 1.06 bits per heavy atom. The van der Waals surface area contributed by atoms with E-state index in [4.69, 9.17) is 11.6 Å². The van der Waals surface area contributed by atoms with Crippen LogP contribution in [0, 0.1) is 6.92 Å². The molecule has 3 rings (SSSR count). The number of hydrogen-bond acceptors (Lipinski definition) is 3. The summed E-state index contributed by atoms with van der Waals surface area (Å²) >= 11 is 6.00. The SMILES string of the molecule is Cc1c(-c2ccc(Cl)cc2)c(C(=O)N(C)CCS(=O)(=O)C(C)C)n(Cc2ccccc2)c1C(F)(F)F. The second-order valence-electron chi connectivity index (χ2n) is 8.92. The van der Waals surface area contributed by atoms with Crippen LogP contribution >= 0.6 is 11.6 Å². The van der Waals surface area contributed by atoms with E-state index >= 15 is 0 Å². The third-order valence-electron chi connectivity index (χ3n) is 6.07. The maximum atomic E-state index is 14.4. The van der Waals surface area contributed by atoms with Gasteiger partial charge in [0.2, 0.25) is 0 Å². The number of hydrogen-bond donors (Lipinski definition) is 0. The van der Waals surface area contributed by atoms with Crippen LogP contribution < -0.4 is 0 Å². The van der Waals surface area contributed by atoms with Crippen LogP contribution in [0.5, 0.6) is 0 Å². The van der Waals surface area contributed by atoms with E-state index in [1.165, 1.54) is 14.0 Å². The Morgan fingerprint density at radius 2 is 1.64 bits per heavy atom. The lowest BCUT2D eigenvalue weighted by Gasteiger charge is -2.21. The fourth-order valence-electron chi connectivity index (χ4n) is 4.01. The van der Waals surface area contributed by atoms with E-state index in [-0.39, 0.29) is 35.7 Å². The number of nitrogens with zero attached hydrogens (tertiary/aromatic N) is 2. The predicted octanol–water partition coefficient (Wildman–Crippen LogP) is 6.08. The van der Waals surface area contributed by atoms with E-state index in [1.54, 1.807) is 68.4 Å². The number of alkyl halides is 3. The minimum Gasteiger partial charge on any atom is -0.339 e. The van der Waals surface area contributed by atoms with Gasteiger partial charge in [-0.05, 0) is 49.6 Å². The maximum Gasteiger partial charge on any atom is 0.431 e. The van der Waals surface area contributed by atoms with E-state index in [1.807, 2.05) is 0 Å². The first-order chi connectivity index (χ1) is 16.7. The van der Waals surface area contributed by atoms with E-state index < -0.39 is 32.9 Å². The van der Waals surface area contributed by atoms with Crippen molar-refractivity contribution < 1.29 is 26.4 Å². The summed E-state index contributed by atoms with van der Waals surface area (Å²) in [4.78, 5) is 14.9. The van der Waals surface area contributed by atoms with Crippen molar-refractivity contribution in [3.8, 4) is 11.1 Å². The Kier molecular flexibility index (Phi) is 8.25. The minimum atomic E-state index is -4.74. The second-order valence-corrected chi connectivity index (χ2v) is 12.0. The van der Waals surface area contributed by atoms with Crippen LogP contribution in [0.15, 0.2) is 54.6 Å². The van der Waals surface area contributed by atoms with E-state index in [2.05, 4.69) is 0 Å². The summed E-state index contributed by atoms with van der Waals surface area (Å²) in [5, 5.41) is -0.230. The Balaban J connectivity index is 2.23. The number of sulfone groups is 1. The van der Waals surface area contributed by atoms with Gasteiger partial charge in [-0.1, -0.05) is 54.1 Å². The average Bonchev–Trinajstić information content (AvgIpc) is 3.09. The van der Waals surface area contributed by atoms with Gasteiger partial charge in [0.1, 0.15) is 11.4 Å². The largest absolute Gasteiger partial charge is 0.431 e. The van der Waals surface area contributed by atoms with Gasteiger partial charge in [-0.15, -0.1) is 0 Å². The van der Waals surface area contributed by atoms with Gasteiger partial charge in [0.25, 0.3) is 5.91 Å². The van der Waals surface area contributed by atoms with Gasteiger partial charge in [0.05, 0.1) is 11.0 Å². The molecule has 2 aromatic carbocycles. The average molecular weight is 541 g/mol. The van der Waals surface area contributed by atoms with E-state index in [0.717, 1.165) is 9.47 Å². The molecule has 0 fully saturated rings. The van der Waals surface area contributed by atoms with Gasteiger partial charge in [0, 0.05) is 30.7 Å². The van der Waals surface area contributed by atoms with Crippen molar-refractivity contribution in [2.24, 2.45) is 0 Å². The molecule has 10 heteroatoms. The van der Waals surface area contributed by atoms with Crippen molar-refractivity contribution in [1.82, 2.24) is 9.47 Å². The molecule has 3 aromatic rings. The van der Waals surface area contributed by atoms with Crippen LogP contribution in [0.25, 0.3) is 11.1 Å². The van der Waals surface area contributed by atoms with Gasteiger partial charge >= 0.3 is 6.18 Å². The standard InChI is InChI=1S/C26H28ClF3N2O3S/c1-17(2)36(34,35)15-14-31(4)25(33)23-22(20-10-12-21(27)13-11-20)18(3)24(26(28,29)30)32(23)16-19-8-6-5-7-9-19/h5-13,17H,14-16H2,1-4H3. The molecular formula is C26H28ClF3N2O3S. The minimum absolute atomic E-state index is 0.0905. The van der Waals surface area contributed by atoms with Crippen LogP contribution in [0.1, 0.15) is 41.2 Å². The van der Waals surface area contributed by atoms with Crippen LogP contribution in [0.4, 0.5) is 13.2 Å². The lowest BCUT2D eigenvalue weighted by atomic mass is 10.00. The smallest absolute Gasteiger partial charge is 0.339 e. The quantitative estimate of drug-likeness (QED) is 0.348. The number of aromatic nitrogens is 1. The molecule has 0 radical (unpaired) electrons. The molecule has 194 valence electrons. The maximum absolute atomic E-state index is 14.4. The molecule has 0 unspecified atom stereocenters. The molecule has 0 saturated heterocycles. The summed E-state index contributed by atoms with van der Waals surface area (Å²) < 4.78 is 68.8. The molecule has 1 aromatic heterocycles. The Bertz CT molecular complexity index is 1330. The van der Waals surface area contributed by atoms with E-state index in [0.29, 0.717) is 16.1 Å². The summed E-state index contributed by atoms with van der Waals surface area (Å²) in [7, 11) is -2.06. The number of amides is 1. The van der Waals surface area contributed by atoms with Crippen LogP contribution in [-0.2, 0) is 22.6 Å². The lowest BCUT2D eigenvalue weighted by molar-refractivity contribution is -0.143. The second kappa shape index (κ2) is 10.7. The molecule has 0 N–H and O–H groups in total. The van der Waals surface area contributed by atoms with Crippen molar-refractivity contribution in [2.45, 2.75) is 38.7 Å².